The smallest absolute Gasteiger partial charge is 0.306 e. The Labute approximate surface area is 309 Å². The predicted molar refractivity (Wildman–Crippen MR) is 214 cm³/mol. The van der Waals surface area contributed by atoms with Crippen LogP contribution >= 0.6 is 0 Å². The molecule has 0 fully saturated rings. The zero-order chi connectivity index (χ0) is 36.4. The van der Waals surface area contributed by atoms with Gasteiger partial charge in [0, 0.05) is 19.4 Å². The highest BCUT2D eigenvalue weighted by atomic mass is 16.6. The van der Waals surface area contributed by atoms with Crippen LogP contribution in [0.2, 0.25) is 0 Å². The number of carbonyl (C=O) groups is 2. The summed E-state index contributed by atoms with van der Waals surface area (Å²) in [6.07, 6.45) is 49.4. The number of unbranched alkanes of at least 4 members (excludes halogenated alkanes) is 16. The van der Waals surface area contributed by atoms with Crippen LogP contribution in [-0.2, 0) is 23.8 Å². The summed E-state index contributed by atoms with van der Waals surface area (Å²) in [5.74, 6) is -0.461. The van der Waals surface area contributed by atoms with E-state index in [2.05, 4.69) is 81.5 Å². The molecule has 0 radical (unpaired) electrons. The number of allylic oxidation sites excluding steroid dienone is 10. The first-order valence-corrected chi connectivity index (χ1v) is 20.8. The lowest BCUT2D eigenvalue weighted by Gasteiger charge is -2.18. The van der Waals surface area contributed by atoms with Crippen molar-refractivity contribution in [1.29, 1.82) is 0 Å². The van der Waals surface area contributed by atoms with Crippen LogP contribution < -0.4 is 0 Å². The molecule has 5 heteroatoms. The Bertz CT molecular complexity index is 884. The molecule has 0 rings (SSSR count). The molecule has 0 spiro atoms. The first-order valence-electron chi connectivity index (χ1n) is 20.8. The maximum absolute atomic E-state index is 12.6. The monoisotopic (exact) mass is 699 g/mol. The van der Waals surface area contributed by atoms with Crippen molar-refractivity contribution in [3.05, 3.63) is 60.8 Å². The van der Waals surface area contributed by atoms with E-state index in [9.17, 15) is 9.59 Å². The van der Waals surface area contributed by atoms with Gasteiger partial charge in [0.05, 0.1) is 6.61 Å². The van der Waals surface area contributed by atoms with Gasteiger partial charge in [-0.2, -0.15) is 0 Å². The first-order chi connectivity index (χ1) is 24.6. The molecule has 0 aliphatic heterocycles. The third-order valence-corrected chi connectivity index (χ3v) is 8.54. The highest BCUT2D eigenvalue weighted by molar-refractivity contribution is 5.70. The molecule has 0 aromatic heterocycles. The van der Waals surface area contributed by atoms with Crippen LogP contribution in [0.3, 0.4) is 0 Å². The average Bonchev–Trinajstić information content (AvgIpc) is 3.11. The van der Waals surface area contributed by atoms with Crippen LogP contribution in [0.1, 0.15) is 188 Å². The van der Waals surface area contributed by atoms with Crippen molar-refractivity contribution in [2.75, 3.05) is 19.8 Å². The topological polar surface area (TPSA) is 61.8 Å². The molecule has 0 aromatic rings. The minimum absolute atomic E-state index is 0.0596. The van der Waals surface area contributed by atoms with Crippen molar-refractivity contribution in [3.8, 4) is 0 Å². The molecule has 0 heterocycles. The SMILES string of the molecule is CC/C=C\C/C=C\C/C=C\C/C=C\CCCCC(=O)OCC(COCCCCCCCC)OC(=O)CCCCCCC/C=C\CCCCCC. The lowest BCUT2D eigenvalue weighted by Crippen LogP contribution is -2.30. The molecule has 0 saturated heterocycles. The van der Waals surface area contributed by atoms with Gasteiger partial charge in [0.15, 0.2) is 6.10 Å². The van der Waals surface area contributed by atoms with Crippen LogP contribution in [0.4, 0.5) is 0 Å². The Hall–Kier alpha value is -2.40. The van der Waals surface area contributed by atoms with E-state index in [1.807, 2.05) is 0 Å². The van der Waals surface area contributed by atoms with Gasteiger partial charge in [-0.25, -0.2) is 0 Å². The molecular formula is C45H78O5. The van der Waals surface area contributed by atoms with Crippen molar-refractivity contribution in [2.45, 2.75) is 194 Å². The number of carbonyl (C=O) groups excluding carboxylic acids is 2. The number of rotatable bonds is 37. The van der Waals surface area contributed by atoms with Gasteiger partial charge in [0.2, 0.25) is 0 Å². The van der Waals surface area contributed by atoms with E-state index in [1.165, 1.54) is 70.6 Å². The van der Waals surface area contributed by atoms with Crippen LogP contribution in [0.15, 0.2) is 60.8 Å². The quantitative estimate of drug-likeness (QED) is 0.0367. The molecule has 0 bridgehead atoms. The van der Waals surface area contributed by atoms with E-state index < -0.39 is 6.10 Å². The highest BCUT2D eigenvalue weighted by Crippen LogP contribution is 2.11. The lowest BCUT2D eigenvalue weighted by molar-refractivity contribution is -0.163. The lowest BCUT2D eigenvalue weighted by atomic mass is 10.1. The maximum Gasteiger partial charge on any atom is 0.306 e. The fraction of sp³-hybridized carbons (Fsp3) is 0.733. The van der Waals surface area contributed by atoms with Crippen molar-refractivity contribution in [2.24, 2.45) is 0 Å². The summed E-state index contributed by atoms with van der Waals surface area (Å²) in [6, 6.07) is 0. The van der Waals surface area contributed by atoms with E-state index in [4.69, 9.17) is 14.2 Å². The molecule has 0 N–H and O–H groups in total. The molecular weight excluding hydrogens is 620 g/mol. The normalized spacial score (nSPS) is 12.8. The molecule has 50 heavy (non-hydrogen) atoms. The molecule has 288 valence electrons. The fourth-order valence-electron chi connectivity index (χ4n) is 5.43. The second kappa shape index (κ2) is 41.0. The molecule has 0 aliphatic carbocycles. The Morgan fingerprint density at radius 2 is 0.900 bits per heavy atom. The second-order valence-corrected chi connectivity index (χ2v) is 13.5. The molecule has 0 aliphatic rings. The standard InChI is InChI=1S/C45H78O5/c1-4-7-10-13-16-18-20-22-23-25-26-28-30-32-35-38-44(46)49-42-43(41-48-40-37-34-15-12-9-6-3)50-45(47)39-36-33-31-29-27-24-21-19-17-14-11-8-5-2/h7,10,16,18-19,21-23,26,28,43H,4-6,8-9,11-15,17,20,24-25,27,29-42H2,1-3H3/b10-7-,18-16-,21-19-,23-22-,28-26-. The van der Waals surface area contributed by atoms with Gasteiger partial charge in [-0.1, -0.05) is 152 Å². The zero-order valence-electron chi connectivity index (χ0n) is 32.9. The zero-order valence-corrected chi connectivity index (χ0v) is 32.9. The number of esters is 2. The Morgan fingerprint density at radius 3 is 1.52 bits per heavy atom. The summed E-state index contributed by atoms with van der Waals surface area (Å²) >= 11 is 0. The maximum atomic E-state index is 12.6. The van der Waals surface area contributed by atoms with Crippen LogP contribution in [0, 0.1) is 0 Å². The van der Waals surface area contributed by atoms with Gasteiger partial charge in [-0.3, -0.25) is 9.59 Å². The van der Waals surface area contributed by atoms with Gasteiger partial charge in [0.25, 0.3) is 0 Å². The summed E-state index contributed by atoms with van der Waals surface area (Å²) in [7, 11) is 0. The third kappa shape index (κ3) is 38.4. The van der Waals surface area contributed by atoms with E-state index in [0.717, 1.165) is 83.5 Å². The second-order valence-electron chi connectivity index (χ2n) is 13.5. The Kier molecular flexibility index (Phi) is 39.1. The van der Waals surface area contributed by atoms with Gasteiger partial charge in [-0.05, 0) is 83.5 Å². The van der Waals surface area contributed by atoms with Crippen LogP contribution in [0.5, 0.6) is 0 Å². The molecule has 0 aromatic carbocycles. The first kappa shape index (κ1) is 47.6. The number of ether oxygens (including phenoxy) is 3. The van der Waals surface area contributed by atoms with Gasteiger partial charge in [0.1, 0.15) is 6.61 Å². The van der Waals surface area contributed by atoms with Gasteiger partial charge in [-0.15, -0.1) is 0 Å². The number of hydrogen-bond acceptors (Lipinski definition) is 5. The summed E-state index contributed by atoms with van der Waals surface area (Å²) in [5.41, 5.74) is 0. The Balaban J connectivity index is 4.24. The Morgan fingerprint density at radius 1 is 0.460 bits per heavy atom. The van der Waals surface area contributed by atoms with Gasteiger partial charge < -0.3 is 14.2 Å². The molecule has 1 unspecified atom stereocenters. The average molecular weight is 699 g/mol. The highest BCUT2D eigenvalue weighted by Gasteiger charge is 2.17. The van der Waals surface area contributed by atoms with Crippen molar-refractivity contribution < 1.29 is 23.8 Å². The van der Waals surface area contributed by atoms with Crippen LogP contribution in [-0.4, -0.2) is 37.9 Å². The molecule has 5 nitrogen and oxygen atoms in total. The summed E-state index contributed by atoms with van der Waals surface area (Å²) in [4.78, 5) is 25.1. The van der Waals surface area contributed by atoms with Crippen molar-refractivity contribution in [3.63, 3.8) is 0 Å². The molecule has 1 atom stereocenters. The number of hydrogen-bond donors (Lipinski definition) is 0. The van der Waals surface area contributed by atoms with Crippen molar-refractivity contribution >= 4 is 11.9 Å². The summed E-state index contributed by atoms with van der Waals surface area (Å²) < 4.78 is 17.1. The van der Waals surface area contributed by atoms with E-state index >= 15 is 0 Å². The minimum atomic E-state index is -0.551. The van der Waals surface area contributed by atoms with E-state index in [0.29, 0.717) is 19.4 Å². The van der Waals surface area contributed by atoms with Crippen molar-refractivity contribution in [1.82, 2.24) is 0 Å². The molecule has 0 saturated carbocycles. The largest absolute Gasteiger partial charge is 0.462 e. The summed E-state index contributed by atoms with van der Waals surface area (Å²) in [5, 5.41) is 0. The van der Waals surface area contributed by atoms with Crippen LogP contribution in [0.25, 0.3) is 0 Å². The fourth-order valence-corrected chi connectivity index (χ4v) is 5.43. The minimum Gasteiger partial charge on any atom is -0.462 e. The van der Waals surface area contributed by atoms with Gasteiger partial charge >= 0.3 is 11.9 Å². The van der Waals surface area contributed by atoms with E-state index in [1.54, 1.807) is 0 Å². The summed E-state index contributed by atoms with van der Waals surface area (Å²) in [6.45, 7) is 7.59. The third-order valence-electron chi connectivity index (χ3n) is 8.54. The van der Waals surface area contributed by atoms with E-state index in [-0.39, 0.29) is 25.2 Å². The molecule has 0 amide bonds. The predicted octanol–water partition coefficient (Wildman–Crippen LogP) is 13.4.